The lowest BCUT2D eigenvalue weighted by Crippen LogP contribution is -2.40. The lowest BCUT2D eigenvalue weighted by Gasteiger charge is -2.21. The van der Waals surface area contributed by atoms with Crippen LogP contribution >= 0.6 is 11.6 Å². The van der Waals surface area contributed by atoms with Gasteiger partial charge in [-0.2, -0.15) is 5.10 Å². The molecule has 1 unspecified atom stereocenters. The van der Waals surface area contributed by atoms with Crippen molar-refractivity contribution in [1.29, 1.82) is 0 Å². The Morgan fingerprint density at radius 3 is 2.70 bits per heavy atom. The lowest BCUT2D eigenvalue weighted by molar-refractivity contribution is -0.141. The van der Waals surface area contributed by atoms with Gasteiger partial charge in [0.2, 0.25) is 0 Å². The first-order valence-corrected chi connectivity index (χ1v) is 7.57. The molecule has 1 aromatic carbocycles. The number of aliphatic carboxylic acids is 1. The molecule has 1 atom stereocenters. The Bertz CT molecular complexity index is 742. The number of carbonyl (C=O) groups excluding carboxylic acids is 1. The highest BCUT2D eigenvalue weighted by atomic mass is 35.5. The van der Waals surface area contributed by atoms with Crippen molar-refractivity contribution in [3.05, 3.63) is 46.7 Å². The van der Waals surface area contributed by atoms with Crippen molar-refractivity contribution in [1.82, 2.24) is 14.7 Å². The standard InChI is InChI=1S/C16H18ClN3O3/c1-4-14-13(15(21)19(3)10(2)16(22)23)9-18-20(14)12-7-5-6-11(17)8-12/h5-10H,4H2,1-3H3,(H,22,23). The molecule has 1 aromatic heterocycles. The predicted molar refractivity (Wildman–Crippen MR) is 87.1 cm³/mol. The molecule has 122 valence electrons. The molecule has 0 saturated carbocycles. The molecule has 7 heteroatoms. The number of hydrogen-bond acceptors (Lipinski definition) is 3. The van der Waals surface area contributed by atoms with Gasteiger partial charge in [-0.15, -0.1) is 0 Å². The summed E-state index contributed by atoms with van der Waals surface area (Å²) in [5, 5.41) is 13.9. The van der Waals surface area contributed by atoms with Gasteiger partial charge in [-0.3, -0.25) is 4.79 Å². The first-order chi connectivity index (χ1) is 10.9. The van der Waals surface area contributed by atoms with Crippen LogP contribution in [-0.4, -0.2) is 44.8 Å². The fraction of sp³-hybridized carbons (Fsp3) is 0.312. The molecule has 0 bridgehead atoms. The second-order valence-corrected chi connectivity index (χ2v) is 5.62. The van der Waals surface area contributed by atoms with E-state index in [4.69, 9.17) is 16.7 Å². The van der Waals surface area contributed by atoms with Crippen LogP contribution in [0.2, 0.25) is 5.02 Å². The summed E-state index contributed by atoms with van der Waals surface area (Å²) in [6.45, 7) is 3.38. The van der Waals surface area contributed by atoms with Gasteiger partial charge in [0.05, 0.1) is 23.1 Å². The topological polar surface area (TPSA) is 75.4 Å². The molecule has 1 N–H and O–H groups in total. The Labute approximate surface area is 139 Å². The predicted octanol–water partition coefficient (Wildman–Crippen LogP) is 2.63. The number of hydrogen-bond donors (Lipinski definition) is 1. The minimum absolute atomic E-state index is 0.370. The summed E-state index contributed by atoms with van der Waals surface area (Å²) >= 11 is 6.00. The van der Waals surface area contributed by atoms with Crippen LogP contribution in [0.25, 0.3) is 5.69 Å². The molecule has 0 saturated heterocycles. The van der Waals surface area contributed by atoms with Crippen LogP contribution in [0.3, 0.4) is 0 Å². The smallest absolute Gasteiger partial charge is 0.326 e. The molecular weight excluding hydrogens is 318 g/mol. The van der Waals surface area contributed by atoms with Crippen molar-refractivity contribution < 1.29 is 14.7 Å². The lowest BCUT2D eigenvalue weighted by atomic mass is 10.1. The maximum absolute atomic E-state index is 12.6. The Hall–Kier alpha value is -2.34. The Balaban J connectivity index is 2.42. The summed E-state index contributed by atoms with van der Waals surface area (Å²) in [4.78, 5) is 24.8. The van der Waals surface area contributed by atoms with Crippen molar-refractivity contribution in [2.75, 3.05) is 7.05 Å². The average molecular weight is 336 g/mol. The van der Waals surface area contributed by atoms with Crippen LogP contribution in [0.4, 0.5) is 0 Å². The third-order valence-electron chi connectivity index (χ3n) is 3.75. The highest BCUT2D eigenvalue weighted by Crippen LogP contribution is 2.20. The molecule has 0 fully saturated rings. The third-order valence-corrected chi connectivity index (χ3v) is 3.98. The summed E-state index contributed by atoms with van der Waals surface area (Å²) in [5.74, 6) is -1.42. The van der Waals surface area contributed by atoms with Crippen LogP contribution in [0.1, 0.15) is 29.9 Å². The molecule has 6 nitrogen and oxygen atoms in total. The van der Waals surface area contributed by atoms with E-state index >= 15 is 0 Å². The molecule has 0 spiro atoms. The van der Waals surface area contributed by atoms with E-state index in [1.165, 1.54) is 25.1 Å². The number of benzene rings is 1. The van der Waals surface area contributed by atoms with E-state index in [1.807, 2.05) is 13.0 Å². The van der Waals surface area contributed by atoms with Gasteiger partial charge in [0.1, 0.15) is 6.04 Å². The molecule has 0 aliphatic heterocycles. The second kappa shape index (κ2) is 6.83. The summed E-state index contributed by atoms with van der Waals surface area (Å²) in [7, 11) is 1.47. The van der Waals surface area contributed by atoms with Gasteiger partial charge in [-0.25, -0.2) is 9.48 Å². The minimum atomic E-state index is -1.05. The number of carboxylic acid groups (broad SMARTS) is 1. The Morgan fingerprint density at radius 1 is 1.43 bits per heavy atom. The van der Waals surface area contributed by atoms with Gasteiger partial charge in [0.25, 0.3) is 5.91 Å². The summed E-state index contributed by atoms with van der Waals surface area (Å²) < 4.78 is 1.65. The Morgan fingerprint density at radius 2 is 2.13 bits per heavy atom. The van der Waals surface area contributed by atoms with Gasteiger partial charge in [0.15, 0.2) is 0 Å². The van der Waals surface area contributed by atoms with E-state index in [0.29, 0.717) is 22.7 Å². The maximum atomic E-state index is 12.6. The maximum Gasteiger partial charge on any atom is 0.326 e. The van der Waals surface area contributed by atoms with Gasteiger partial charge >= 0.3 is 5.97 Å². The van der Waals surface area contributed by atoms with E-state index in [-0.39, 0.29) is 5.91 Å². The summed E-state index contributed by atoms with van der Waals surface area (Å²) in [6.07, 6.45) is 2.04. The van der Waals surface area contributed by atoms with E-state index < -0.39 is 12.0 Å². The van der Waals surface area contributed by atoms with Crippen molar-refractivity contribution in [3.63, 3.8) is 0 Å². The van der Waals surface area contributed by atoms with E-state index in [1.54, 1.807) is 22.9 Å². The number of halogens is 1. The summed E-state index contributed by atoms with van der Waals surface area (Å²) in [5.41, 5.74) is 1.85. The molecule has 0 aliphatic carbocycles. The van der Waals surface area contributed by atoms with Gasteiger partial charge in [0, 0.05) is 12.1 Å². The normalized spacial score (nSPS) is 12.0. The van der Waals surface area contributed by atoms with Gasteiger partial charge in [-0.1, -0.05) is 24.6 Å². The average Bonchev–Trinajstić information content (AvgIpc) is 2.96. The van der Waals surface area contributed by atoms with Crippen molar-refractivity contribution >= 4 is 23.5 Å². The second-order valence-electron chi connectivity index (χ2n) is 5.18. The molecule has 2 aromatic rings. The number of aromatic nitrogens is 2. The van der Waals surface area contributed by atoms with Crippen molar-refractivity contribution in [3.8, 4) is 5.69 Å². The van der Waals surface area contributed by atoms with Gasteiger partial charge in [-0.05, 0) is 31.5 Å². The molecule has 0 aliphatic rings. The number of rotatable bonds is 5. The largest absolute Gasteiger partial charge is 0.480 e. The number of likely N-dealkylation sites (N-methyl/N-ethyl adjacent to an activating group) is 1. The zero-order chi connectivity index (χ0) is 17.1. The van der Waals surface area contributed by atoms with Crippen molar-refractivity contribution in [2.45, 2.75) is 26.3 Å². The molecule has 0 radical (unpaired) electrons. The molecule has 23 heavy (non-hydrogen) atoms. The number of amides is 1. The molecular formula is C16H18ClN3O3. The van der Waals surface area contributed by atoms with E-state index in [9.17, 15) is 9.59 Å². The van der Waals surface area contributed by atoms with E-state index in [0.717, 1.165) is 5.69 Å². The SMILES string of the molecule is CCc1c(C(=O)N(C)C(C)C(=O)O)cnn1-c1cccc(Cl)c1. The number of carboxylic acids is 1. The fourth-order valence-electron chi connectivity index (χ4n) is 2.25. The quantitative estimate of drug-likeness (QED) is 0.911. The van der Waals surface area contributed by atoms with Crippen LogP contribution in [-0.2, 0) is 11.2 Å². The Kier molecular flexibility index (Phi) is 5.05. The fourth-order valence-corrected chi connectivity index (χ4v) is 2.44. The molecule has 1 heterocycles. The van der Waals surface area contributed by atoms with Crippen LogP contribution in [0, 0.1) is 0 Å². The number of carbonyl (C=O) groups is 2. The van der Waals surface area contributed by atoms with E-state index in [2.05, 4.69) is 5.10 Å². The zero-order valence-corrected chi connectivity index (χ0v) is 13.9. The van der Waals surface area contributed by atoms with Crippen LogP contribution in [0.15, 0.2) is 30.5 Å². The monoisotopic (exact) mass is 335 g/mol. The third kappa shape index (κ3) is 3.37. The minimum Gasteiger partial charge on any atom is -0.480 e. The van der Waals surface area contributed by atoms with Crippen LogP contribution < -0.4 is 0 Å². The van der Waals surface area contributed by atoms with Crippen molar-refractivity contribution in [2.24, 2.45) is 0 Å². The van der Waals surface area contributed by atoms with Gasteiger partial charge < -0.3 is 10.0 Å². The highest BCUT2D eigenvalue weighted by Gasteiger charge is 2.26. The number of nitrogens with zero attached hydrogens (tertiary/aromatic N) is 3. The molecule has 1 amide bonds. The summed E-state index contributed by atoms with van der Waals surface area (Å²) in [6, 6.07) is 6.25. The van der Waals surface area contributed by atoms with Crippen LogP contribution in [0.5, 0.6) is 0 Å². The first kappa shape index (κ1) is 17.0. The highest BCUT2D eigenvalue weighted by molar-refractivity contribution is 6.30. The zero-order valence-electron chi connectivity index (χ0n) is 13.2. The molecule has 2 rings (SSSR count). The first-order valence-electron chi connectivity index (χ1n) is 7.19.